The molecule has 3 aromatic rings. The molecule has 0 unspecified atom stereocenters. The molecular weight excluding hydrogens is 525 g/mol. The number of amides is 3. The quantitative estimate of drug-likeness (QED) is 0.331. The molecule has 0 aliphatic heterocycles. The Bertz CT molecular complexity index is 1380. The smallest absolute Gasteiger partial charge is 0.354 e. The highest BCUT2D eigenvalue weighted by Gasteiger charge is 2.51. The van der Waals surface area contributed by atoms with Crippen molar-refractivity contribution >= 4 is 46.4 Å². The second kappa shape index (κ2) is 10.7. The molecule has 2 aromatic heterocycles. The zero-order valence-electron chi connectivity index (χ0n) is 19.9. The van der Waals surface area contributed by atoms with Crippen molar-refractivity contribution in [1.82, 2.24) is 20.6 Å². The Kier molecular flexibility index (Phi) is 7.53. The van der Waals surface area contributed by atoms with Crippen molar-refractivity contribution < 1.29 is 27.6 Å². The molecule has 1 aromatic carbocycles. The number of anilines is 3. The van der Waals surface area contributed by atoms with Crippen molar-refractivity contribution in [2.75, 3.05) is 10.6 Å². The molecule has 0 spiro atoms. The van der Waals surface area contributed by atoms with E-state index in [1.807, 2.05) is 0 Å². The molecule has 0 atom stereocenters. The van der Waals surface area contributed by atoms with Gasteiger partial charge in [-0.15, -0.1) is 0 Å². The predicted octanol–water partition coefficient (Wildman–Crippen LogP) is 4.43. The average Bonchev–Trinajstić information content (AvgIpc) is 3.64. The van der Waals surface area contributed by atoms with Gasteiger partial charge in [0.15, 0.2) is 0 Å². The van der Waals surface area contributed by atoms with Crippen molar-refractivity contribution in [1.29, 1.82) is 0 Å². The molecule has 3 amide bonds. The Balaban J connectivity index is 1.34. The number of aromatic nitrogens is 2. The zero-order valence-corrected chi connectivity index (χ0v) is 20.7. The molecule has 13 heteroatoms. The lowest BCUT2D eigenvalue weighted by Gasteiger charge is -2.17. The number of hydrogen-bond donors (Lipinski definition) is 4. The van der Waals surface area contributed by atoms with Crippen LogP contribution in [-0.2, 0) is 22.3 Å². The average molecular weight is 547 g/mol. The summed E-state index contributed by atoms with van der Waals surface area (Å²) in [6.45, 7) is 1.38. The third-order valence-electron chi connectivity index (χ3n) is 5.68. The third-order valence-corrected chi connectivity index (χ3v) is 5.91. The van der Waals surface area contributed by atoms with E-state index in [4.69, 9.17) is 11.6 Å². The number of halogens is 4. The maximum atomic E-state index is 13.3. The molecule has 1 fully saturated rings. The number of carbonyl (C=O) groups is 3. The van der Waals surface area contributed by atoms with Crippen molar-refractivity contribution in [2.45, 2.75) is 38.0 Å². The molecule has 4 N–H and O–H groups in total. The molecule has 2 heterocycles. The fraction of sp³-hybridized carbons (Fsp3) is 0.240. The van der Waals surface area contributed by atoms with Crippen LogP contribution in [0.15, 0.2) is 55.0 Å². The van der Waals surface area contributed by atoms with Crippen LogP contribution in [0.3, 0.4) is 0 Å². The van der Waals surface area contributed by atoms with Crippen LogP contribution >= 0.6 is 11.6 Å². The monoisotopic (exact) mass is 546 g/mol. The van der Waals surface area contributed by atoms with E-state index < -0.39 is 29.1 Å². The molecule has 1 aliphatic rings. The van der Waals surface area contributed by atoms with Gasteiger partial charge in [-0.05, 0) is 49.2 Å². The Morgan fingerprint density at radius 2 is 1.79 bits per heavy atom. The molecule has 4 rings (SSSR count). The zero-order chi connectivity index (χ0) is 27.5. The number of nitrogens with one attached hydrogen (secondary N) is 4. The van der Waals surface area contributed by atoms with Crippen LogP contribution in [0.2, 0.25) is 5.02 Å². The number of benzene rings is 1. The van der Waals surface area contributed by atoms with Crippen LogP contribution in [0.5, 0.6) is 0 Å². The Labute approximate surface area is 220 Å². The van der Waals surface area contributed by atoms with Crippen molar-refractivity contribution in [3.63, 3.8) is 0 Å². The van der Waals surface area contributed by atoms with E-state index in [0.717, 1.165) is 6.07 Å². The van der Waals surface area contributed by atoms with Crippen LogP contribution in [-0.4, -0.2) is 33.2 Å². The maximum Gasteiger partial charge on any atom is 0.418 e. The summed E-state index contributed by atoms with van der Waals surface area (Å²) < 4.78 is 39.9. The molecule has 198 valence electrons. The summed E-state index contributed by atoms with van der Waals surface area (Å²) >= 11 is 5.71. The second-order valence-corrected chi connectivity index (χ2v) is 9.15. The summed E-state index contributed by atoms with van der Waals surface area (Å²) in [5, 5.41) is 10.6. The van der Waals surface area contributed by atoms with Gasteiger partial charge in [-0.25, -0.2) is 0 Å². The van der Waals surface area contributed by atoms with E-state index >= 15 is 0 Å². The normalized spacial score (nSPS) is 13.8. The first-order valence-electron chi connectivity index (χ1n) is 11.4. The van der Waals surface area contributed by atoms with Gasteiger partial charge in [0.1, 0.15) is 5.54 Å². The molecule has 9 nitrogen and oxygen atoms in total. The minimum Gasteiger partial charge on any atom is -0.354 e. The highest BCUT2D eigenvalue weighted by atomic mass is 35.5. The fourth-order valence-electron chi connectivity index (χ4n) is 3.62. The Morgan fingerprint density at radius 1 is 1.03 bits per heavy atom. The standard InChI is InChI=1S/C25H22ClF3N6O3/c1-14(36)33-19-8-15(10-30-11-19)22(37)35-24(6-7-24)23(38)32-12-17-3-4-18(13-31-17)34-21-5-2-16(26)9-20(21)25(27,28)29/h2-5,8-11,13,34H,6-7,12H2,1H3,(H,32,38)(H,33,36)(H,35,37). The van der Waals surface area contributed by atoms with Gasteiger partial charge in [0.05, 0.1) is 52.8 Å². The van der Waals surface area contributed by atoms with Crippen LogP contribution < -0.4 is 21.3 Å². The summed E-state index contributed by atoms with van der Waals surface area (Å²) in [5.41, 5.74) is -0.821. The highest BCUT2D eigenvalue weighted by molar-refractivity contribution is 6.30. The van der Waals surface area contributed by atoms with Crippen LogP contribution in [0.4, 0.5) is 30.2 Å². The van der Waals surface area contributed by atoms with Crippen molar-refractivity contribution in [3.05, 3.63) is 76.8 Å². The van der Waals surface area contributed by atoms with E-state index in [2.05, 4.69) is 31.2 Å². The topological polar surface area (TPSA) is 125 Å². The molecule has 1 saturated carbocycles. The summed E-state index contributed by atoms with van der Waals surface area (Å²) in [4.78, 5) is 44.8. The number of hydrogen-bond acceptors (Lipinski definition) is 6. The fourth-order valence-corrected chi connectivity index (χ4v) is 3.79. The molecule has 0 radical (unpaired) electrons. The summed E-state index contributed by atoms with van der Waals surface area (Å²) in [7, 11) is 0. The second-order valence-electron chi connectivity index (χ2n) is 8.71. The van der Waals surface area contributed by atoms with Crippen molar-refractivity contribution in [2.24, 2.45) is 0 Å². The number of carbonyl (C=O) groups excluding carboxylic acids is 3. The van der Waals surface area contributed by atoms with Gasteiger partial charge in [-0.2, -0.15) is 13.2 Å². The van der Waals surface area contributed by atoms with Gasteiger partial charge in [-0.3, -0.25) is 24.4 Å². The summed E-state index contributed by atoms with van der Waals surface area (Å²) in [6, 6.07) is 7.97. The van der Waals surface area contributed by atoms with Crippen LogP contribution in [0, 0.1) is 0 Å². The predicted molar refractivity (Wildman–Crippen MR) is 134 cm³/mol. The van der Waals surface area contributed by atoms with Gasteiger partial charge >= 0.3 is 6.18 Å². The van der Waals surface area contributed by atoms with E-state index in [9.17, 15) is 27.6 Å². The van der Waals surface area contributed by atoms with Gasteiger partial charge in [0.25, 0.3) is 5.91 Å². The highest BCUT2D eigenvalue weighted by Crippen LogP contribution is 2.38. The number of nitrogens with zero attached hydrogens (tertiary/aromatic N) is 2. The van der Waals surface area contributed by atoms with Gasteiger partial charge in [0.2, 0.25) is 11.8 Å². The third kappa shape index (κ3) is 6.57. The minimum atomic E-state index is -4.59. The summed E-state index contributed by atoms with van der Waals surface area (Å²) in [6.07, 6.45) is 0.376. The first-order valence-corrected chi connectivity index (χ1v) is 11.8. The number of pyridine rings is 2. The van der Waals surface area contributed by atoms with Crippen LogP contribution in [0.25, 0.3) is 0 Å². The molecule has 0 bridgehead atoms. The maximum absolute atomic E-state index is 13.3. The van der Waals surface area contributed by atoms with E-state index in [-0.39, 0.29) is 28.7 Å². The first kappa shape index (κ1) is 26.9. The SMILES string of the molecule is CC(=O)Nc1cncc(C(=O)NC2(C(=O)NCc3ccc(Nc4ccc(Cl)cc4C(F)(F)F)cn3)CC2)c1. The van der Waals surface area contributed by atoms with Crippen molar-refractivity contribution in [3.8, 4) is 0 Å². The molecule has 0 saturated heterocycles. The largest absolute Gasteiger partial charge is 0.418 e. The number of rotatable bonds is 8. The lowest BCUT2D eigenvalue weighted by Crippen LogP contribution is -2.48. The Morgan fingerprint density at radius 3 is 2.42 bits per heavy atom. The number of alkyl halides is 3. The molecule has 1 aliphatic carbocycles. The molecular formula is C25H22ClF3N6O3. The minimum absolute atomic E-state index is 0.0353. The van der Waals surface area contributed by atoms with Gasteiger partial charge < -0.3 is 21.3 Å². The lowest BCUT2D eigenvalue weighted by molar-refractivity contribution is -0.137. The van der Waals surface area contributed by atoms with E-state index in [1.165, 1.54) is 49.8 Å². The van der Waals surface area contributed by atoms with Gasteiger partial charge in [-0.1, -0.05) is 11.6 Å². The van der Waals surface area contributed by atoms with Crippen LogP contribution in [0.1, 0.15) is 41.4 Å². The molecule has 38 heavy (non-hydrogen) atoms. The van der Waals surface area contributed by atoms with E-state index in [0.29, 0.717) is 29.9 Å². The Hall–Kier alpha value is -4.19. The first-order chi connectivity index (χ1) is 17.9. The lowest BCUT2D eigenvalue weighted by atomic mass is 10.1. The van der Waals surface area contributed by atoms with E-state index in [1.54, 1.807) is 6.07 Å². The summed E-state index contributed by atoms with van der Waals surface area (Å²) in [5.74, 6) is -1.21. The van der Waals surface area contributed by atoms with Gasteiger partial charge in [0, 0.05) is 18.1 Å².